The van der Waals surface area contributed by atoms with Crippen LogP contribution in [0.25, 0.3) is 0 Å². The molecule has 0 aliphatic carbocycles. The van der Waals surface area contributed by atoms with E-state index in [9.17, 15) is 9.59 Å². The maximum atomic E-state index is 12.2. The first-order valence-corrected chi connectivity index (χ1v) is 11.4. The van der Waals surface area contributed by atoms with Gasteiger partial charge in [0.1, 0.15) is 11.5 Å². The Morgan fingerprint density at radius 2 is 1.73 bits per heavy atom. The number of carbonyl (C=O) groups is 2. The highest BCUT2D eigenvalue weighted by atomic mass is 79.9. The van der Waals surface area contributed by atoms with Crippen LogP contribution in [0, 0.1) is 0 Å². The Morgan fingerprint density at radius 1 is 1.00 bits per heavy atom. The molecule has 3 aromatic carbocycles. The van der Waals surface area contributed by atoms with Crippen LogP contribution in [-0.2, 0) is 11.2 Å². The van der Waals surface area contributed by atoms with Crippen molar-refractivity contribution < 1.29 is 19.1 Å². The van der Waals surface area contributed by atoms with Gasteiger partial charge < -0.3 is 9.47 Å². The van der Waals surface area contributed by atoms with Gasteiger partial charge in [0, 0.05) is 4.47 Å². The molecule has 0 saturated carbocycles. The van der Waals surface area contributed by atoms with Crippen molar-refractivity contribution in [3.05, 3.63) is 94.0 Å². The molecule has 1 amide bonds. The maximum Gasteiger partial charge on any atom is 0.343 e. The van der Waals surface area contributed by atoms with Crippen molar-refractivity contribution in [3.8, 4) is 11.5 Å². The summed E-state index contributed by atoms with van der Waals surface area (Å²) in [5, 5.41) is 3.93. The summed E-state index contributed by atoms with van der Waals surface area (Å²) in [6, 6.07) is 21.5. The summed E-state index contributed by atoms with van der Waals surface area (Å²) in [6.45, 7) is 2.03. The Labute approximate surface area is 201 Å². The molecule has 0 spiro atoms. The average molecular weight is 509 g/mol. The first-order valence-electron chi connectivity index (χ1n) is 10.6. The predicted octanol–water partition coefficient (Wildman–Crippen LogP) is 5.54. The first kappa shape index (κ1) is 24.2. The van der Waals surface area contributed by atoms with Gasteiger partial charge in [-0.25, -0.2) is 10.2 Å². The minimum Gasteiger partial charge on any atom is -0.484 e. The fourth-order valence-corrected chi connectivity index (χ4v) is 3.30. The van der Waals surface area contributed by atoms with Gasteiger partial charge >= 0.3 is 5.97 Å². The van der Waals surface area contributed by atoms with Gasteiger partial charge in [-0.15, -0.1) is 0 Å². The third-order valence-electron chi connectivity index (χ3n) is 4.67. The van der Waals surface area contributed by atoms with E-state index >= 15 is 0 Å². The standard InChI is InChI=1S/C26H25BrN2O4/c1-2-3-5-19-8-12-23(13-9-19)32-18-25(30)29-28-17-20-10-14-24(15-11-20)33-26(31)21-6-4-7-22(27)16-21/h4,6-17H,2-3,5,18H2,1H3,(H,29,30). The number of unbranched alkanes of at least 4 members (excludes halogenated alkanes) is 1. The zero-order chi connectivity index (χ0) is 23.5. The number of carbonyl (C=O) groups excluding carboxylic acids is 2. The van der Waals surface area contributed by atoms with E-state index in [-0.39, 0.29) is 12.5 Å². The lowest BCUT2D eigenvalue weighted by atomic mass is 10.1. The van der Waals surface area contributed by atoms with Gasteiger partial charge in [-0.3, -0.25) is 4.79 Å². The molecule has 3 aromatic rings. The number of esters is 1. The highest BCUT2D eigenvalue weighted by Crippen LogP contribution is 2.17. The van der Waals surface area contributed by atoms with E-state index in [1.165, 1.54) is 11.8 Å². The number of hydrazone groups is 1. The van der Waals surface area contributed by atoms with Crippen LogP contribution in [0.15, 0.2) is 82.4 Å². The fraction of sp³-hybridized carbons (Fsp3) is 0.192. The van der Waals surface area contributed by atoms with E-state index < -0.39 is 5.97 Å². The topological polar surface area (TPSA) is 77.0 Å². The Bertz CT molecular complexity index is 1100. The first-order chi connectivity index (χ1) is 16.0. The molecule has 33 heavy (non-hydrogen) atoms. The summed E-state index contributed by atoms with van der Waals surface area (Å²) < 4.78 is 11.7. The normalized spacial score (nSPS) is 10.7. The number of nitrogens with one attached hydrogen (secondary N) is 1. The lowest BCUT2D eigenvalue weighted by molar-refractivity contribution is -0.123. The number of ether oxygens (including phenoxy) is 2. The van der Waals surface area contributed by atoms with Crippen LogP contribution in [-0.4, -0.2) is 24.7 Å². The number of rotatable bonds is 10. The third kappa shape index (κ3) is 8.20. The Balaban J connectivity index is 1.42. The summed E-state index contributed by atoms with van der Waals surface area (Å²) in [6.07, 6.45) is 4.85. The molecule has 0 aliphatic rings. The summed E-state index contributed by atoms with van der Waals surface area (Å²) in [5.74, 6) is 0.249. The van der Waals surface area contributed by atoms with E-state index in [4.69, 9.17) is 9.47 Å². The quantitative estimate of drug-likeness (QED) is 0.169. The van der Waals surface area contributed by atoms with E-state index in [0.717, 1.165) is 29.3 Å². The Hall–Kier alpha value is -3.45. The van der Waals surface area contributed by atoms with Crippen LogP contribution < -0.4 is 14.9 Å². The van der Waals surface area contributed by atoms with Gasteiger partial charge in [0.15, 0.2) is 6.61 Å². The largest absolute Gasteiger partial charge is 0.484 e. The van der Waals surface area contributed by atoms with Crippen molar-refractivity contribution in [2.45, 2.75) is 26.2 Å². The van der Waals surface area contributed by atoms with Gasteiger partial charge in [0.05, 0.1) is 11.8 Å². The van der Waals surface area contributed by atoms with Gasteiger partial charge in [0.2, 0.25) is 0 Å². The van der Waals surface area contributed by atoms with Gasteiger partial charge in [-0.1, -0.05) is 47.5 Å². The molecule has 0 atom stereocenters. The lowest BCUT2D eigenvalue weighted by Crippen LogP contribution is -2.24. The van der Waals surface area contributed by atoms with E-state index in [0.29, 0.717) is 17.1 Å². The maximum absolute atomic E-state index is 12.2. The molecule has 0 fully saturated rings. The molecular weight excluding hydrogens is 484 g/mol. The minimum absolute atomic E-state index is 0.129. The number of amides is 1. The van der Waals surface area contributed by atoms with Crippen LogP contribution >= 0.6 is 15.9 Å². The second-order valence-corrected chi connectivity index (χ2v) is 8.21. The highest BCUT2D eigenvalue weighted by Gasteiger charge is 2.08. The van der Waals surface area contributed by atoms with Crippen molar-refractivity contribution in [2.75, 3.05) is 6.61 Å². The van der Waals surface area contributed by atoms with Crippen molar-refractivity contribution in [1.82, 2.24) is 5.43 Å². The number of aryl methyl sites for hydroxylation is 1. The molecule has 0 bridgehead atoms. The van der Waals surface area contributed by atoms with Gasteiger partial charge in [0.25, 0.3) is 5.91 Å². The summed E-state index contributed by atoms with van der Waals surface area (Å²) >= 11 is 3.33. The molecule has 7 heteroatoms. The van der Waals surface area contributed by atoms with Gasteiger partial charge in [-0.2, -0.15) is 5.10 Å². The van der Waals surface area contributed by atoms with E-state index in [1.54, 1.807) is 42.5 Å². The second kappa shape index (κ2) is 12.6. The monoisotopic (exact) mass is 508 g/mol. The van der Waals surface area contributed by atoms with Crippen molar-refractivity contribution in [1.29, 1.82) is 0 Å². The number of halogens is 1. The third-order valence-corrected chi connectivity index (χ3v) is 5.16. The second-order valence-electron chi connectivity index (χ2n) is 7.30. The zero-order valence-electron chi connectivity index (χ0n) is 18.3. The van der Waals surface area contributed by atoms with E-state index in [1.807, 2.05) is 30.3 Å². The minimum atomic E-state index is -0.444. The number of nitrogens with zero attached hydrogens (tertiary/aromatic N) is 1. The molecule has 0 saturated heterocycles. The molecule has 1 N–H and O–H groups in total. The SMILES string of the molecule is CCCCc1ccc(OCC(=O)NN=Cc2ccc(OC(=O)c3cccc(Br)c3)cc2)cc1. The molecule has 6 nitrogen and oxygen atoms in total. The lowest BCUT2D eigenvalue weighted by Gasteiger charge is -2.06. The number of hydrogen-bond donors (Lipinski definition) is 1. The molecule has 0 aliphatic heterocycles. The summed E-state index contributed by atoms with van der Waals surface area (Å²) in [4.78, 5) is 24.1. The van der Waals surface area contributed by atoms with Crippen LogP contribution in [0.1, 0.15) is 41.3 Å². The van der Waals surface area contributed by atoms with Crippen molar-refractivity contribution in [2.24, 2.45) is 5.10 Å². The van der Waals surface area contributed by atoms with E-state index in [2.05, 4.69) is 33.4 Å². The Morgan fingerprint density at radius 3 is 2.42 bits per heavy atom. The molecule has 0 aromatic heterocycles. The fourth-order valence-electron chi connectivity index (χ4n) is 2.90. The average Bonchev–Trinajstić information content (AvgIpc) is 2.83. The summed E-state index contributed by atoms with van der Waals surface area (Å²) in [5.41, 5.74) is 4.88. The highest BCUT2D eigenvalue weighted by molar-refractivity contribution is 9.10. The van der Waals surface area contributed by atoms with Gasteiger partial charge in [-0.05, 0) is 78.6 Å². The predicted molar refractivity (Wildman–Crippen MR) is 132 cm³/mol. The van der Waals surface area contributed by atoms with Crippen LogP contribution in [0.2, 0.25) is 0 Å². The van der Waals surface area contributed by atoms with Crippen molar-refractivity contribution in [3.63, 3.8) is 0 Å². The van der Waals surface area contributed by atoms with Crippen LogP contribution in [0.3, 0.4) is 0 Å². The smallest absolute Gasteiger partial charge is 0.343 e. The van der Waals surface area contributed by atoms with Crippen LogP contribution in [0.4, 0.5) is 0 Å². The molecule has 0 unspecified atom stereocenters. The van der Waals surface area contributed by atoms with Crippen molar-refractivity contribution >= 4 is 34.0 Å². The number of benzene rings is 3. The molecule has 3 rings (SSSR count). The zero-order valence-corrected chi connectivity index (χ0v) is 19.9. The molecule has 170 valence electrons. The molecular formula is C26H25BrN2O4. The van der Waals surface area contributed by atoms with Crippen LogP contribution in [0.5, 0.6) is 11.5 Å². The Kier molecular flexibility index (Phi) is 9.20. The molecule has 0 heterocycles. The summed E-state index contributed by atoms with van der Waals surface area (Å²) in [7, 11) is 0. The number of hydrogen-bond acceptors (Lipinski definition) is 5. The molecule has 0 radical (unpaired) electrons.